The Kier molecular flexibility index (Phi) is 5.97. The molecule has 0 unspecified atom stereocenters. The first-order valence-electron chi connectivity index (χ1n) is 10.3. The molecular formula is C24H30BF2N2+. The molecule has 1 aromatic heterocycles. The number of nitrogens with zero attached hydrogens (tertiary/aromatic N) is 2. The van der Waals surface area contributed by atoms with Crippen LogP contribution in [0.3, 0.4) is 0 Å². The lowest BCUT2D eigenvalue weighted by atomic mass is 9.92. The molecule has 0 amide bonds. The maximum atomic E-state index is 14.3. The number of hydrogen-bond acceptors (Lipinski definition) is 0. The maximum absolute atomic E-state index is 14.3. The Morgan fingerprint density at radius 1 is 1.00 bits per heavy atom. The van der Waals surface area contributed by atoms with Gasteiger partial charge >= 0.3 is 7.40 Å². The van der Waals surface area contributed by atoms with Crippen molar-refractivity contribution in [2.75, 3.05) is 0 Å². The zero-order valence-corrected chi connectivity index (χ0v) is 18.5. The molecule has 2 nitrogen and oxygen atoms in total. The van der Waals surface area contributed by atoms with Crippen LogP contribution < -0.4 is 0 Å². The van der Waals surface area contributed by atoms with E-state index in [9.17, 15) is 8.63 Å². The third kappa shape index (κ3) is 3.31. The van der Waals surface area contributed by atoms with Crippen LogP contribution in [0.5, 0.6) is 0 Å². The van der Waals surface area contributed by atoms with Crippen LogP contribution in [0, 0.1) is 13.8 Å². The molecule has 2 heterocycles. The molecule has 152 valence electrons. The van der Waals surface area contributed by atoms with Crippen molar-refractivity contribution in [2.24, 2.45) is 7.05 Å². The number of aromatic nitrogens is 1. The van der Waals surface area contributed by atoms with Gasteiger partial charge in [-0.05, 0) is 50.3 Å². The fraction of sp³-hybridized carbons (Fsp3) is 0.375. The van der Waals surface area contributed by atoms with Gasteiger partial charge in [-0.2, -0.15) is 0 Å². The lowest BCUT2D eigenvalue weighted by Crippen LogP contribution is -2.26. The van der Waals surface area contributed by atoms with E-state index in [-0.39, 0.29) is 0 Å². The van der Waals surface area contributed by atoms with E-state index in [0.29, 0.717) is 11.4 Å². The summed E-state index contributed by atoms with van der Waals surface area (Å²) in [6, 6.07) is 9.95. The van der Waals surface area contributed by atoms with Crippen LogP contribution in [-0.2, 0) is 13.5 Å². The van der Waals surface area contributed by atoms with Crippen LogP contribution >= 0.6 is 0 Å². The molecule has 1 aliphatic heterocycles. The van der Waals surface area contributed by atoms with Crippen molar-refractivity contribution in [3.05, 3.63) is 75.3 Å². The summed E-state index contributed by atoms with van der Waals surface area (Å²) in [5, 5.41) is 0. The van der Waals surface area contributed by atoms with Crippen molar-refractivity contribution in [3.8, 4) is 0 Å². The number of allylic oxidation sites excluding steroid dienone is 2. The normalized spacial score (nSPS) is 16.2. The SMILES string of the molecule is CCC1=C(C)/C(=C(\c2ccccc2)c2c(C)c(CC)c(C)n2C)[N+](B(F)F)=C1C. The first-order valence-corrected chi connectivity index (χ1v) is 10.3. The smallest absolute Gasteiger partial charge is 0.347 e. The summed E-state index contributed by atoms with van der Waals surface area (Å²) >= 11 is 0. The minimum absolute atomic E-state index is 0.631. The van der Waals surface area contributed by atoms with Crippen LogP contribution in [0.1, 0.15) is 62.2 Å². The van der Waals surface area contributed by atoms with E-state index in [2.05, 4.69) is 25.3 Å². The molecule has 1 aliphatic rings. The van der Waals surface area contributed by atoms with Gasteiger partial charge in [-0.15, -0.1) is 0 Å². The summed E-state index contributed by atoms with van der Waals surface area (Å²) in [5.74, 6) is 0. The number of rotatable bonds is 5. The summed E-state index contributed by atoms with van der Waals surface area (Å²) < 4.78 is 32.0. The van der Waals surface area contributed by atoms with Gasteiger partial charge < -0.3 is 4.57 Å². The van der Waals surface area contributed by atoms with Gasteiger partial charge in [0, 0.05) is 30.8 Å². The molecular weight excluding hydrogens is 365 g/mol. The van der Waals surface area contributed by atoms with Gasteiger partial charge in [0.1, 0.15) is 0 Å². The maximum Gasteiger partial charge on any atom is 0.934 e. The van der Waals surface area contributed by atoms with Gasteiger partial charge in [-0.1, -0.05) is 44.2 Å². The fourth-order valence-electron chi connectivity index (χ4n) is 4.88. The third-order valence-corrected chi connectivity index (χ3v) is 6.37. The number of benzene rings is 1. The Bertz CT molecular complexity index is 1040. The zero-order chi connectivity index (χ0) is 21.5. The highest BCUT2D eigenvalue weighted by Crippen LogP contribution is 2.40. The lowest BCUT2D eigenvalue weighted by molar-refractivity contribution is -0.343. The molecule has 29 heavy (non-hydrogen) atoms. The van der Waals surface area contributed by atoms with Gasteiger partial charge in [-0.3, -0.25) is 0 Å². The van der Waals surface area contributed by atoms with Gasteiger partial charge in [0.05, 0.1) is 11.3 Å². The van der Waals surface area contributed by atoms with E-state index < -0.39 is 7.40 Å². The van der Waals surface area contributed by atoms with E-state index in [1.807, 2.05) is 58.2 Å². The predicted molar refractivity (Wildman–Crippen MR) is 119 cm³/mol. The quantitative estimate of drug-likeness (QED) is 0.541. The molecule has 0 saturated carbocycles. The standard InChI is InChI=1S/C24H30BF2N2/c1-8-20-15(3)23(28(7)17(20)5)22(19-13-11-10-12-14-19)24-16(4)21(9-2)18(6)29(24)25(26)27/h10-14H,8-9H2,1-7H3/q+1. The van der Waals surface area contributed by atoms with E-state index in [1.165, 1.54) is 21.3 Å². The molecule has 0 N–H and O–H groups in total. The zero-order valence-electron chi connectivity index (χ0n) is 18.5. The van der Waals surface area contributed by atoms with Crippen molar-refractivity contribution in [1.29, 1.82) is 0 Å². The topological polar surface area (TPSA) is 7.94 Å². The highest BCUT2D eigenvalue weighted by Gasteiger charge is 2.47. The molecule has 0 radical (unpaired) electrons. The second-order valence-corrected chi connectivity index (χ2v) is 7.73. The van der Waals surface area contributed by atoms with E-state index in [0.717, 1.165) is 40.8 Å². The minimum Gasteiger partial charge on any atom is -0.347 e. The Morgan fingerprint density at radius 2 is 1.62 bits per heavy atom. The molecule has 0 spiro atoms. The van der Waals surface area contributed by atoms with Gasteiger partial charge in [0.2, 0.25) is 0 Å². The first kappa shape index (κ1) is 21.3. The van der Waals surface area contributed by atoms with Crippen molar-refractivity contribution in [3.63, 3.8) is 0 Å². The van der Waals surface area contributed by atoms with E-state index in [4.69, 9.17) is 0 Å². The summed E-state index contributed by atoms with van der Waals surface area (Å²) in [5.41, 5.74) is 9.75. The first-order chi connectivity index (χ1) is 13.8. The Morgan fingerprint density at radius 3 is 2.10 bits per heavy atom. The van der Waals surface area contributed by atoms with Crippen LogP contribution in [-0.4, -0.2) is 22.2 Å². The minimum atomic E-state index is -2.59. The van der Waals surface area contributed by atoms with Gasteiger partial charge in [-0.25, -0.2) is 13.1 Å². The average molecular weight is 395 g/mol. The fourth-order valence-corrected chi connectivity index (χ4v) is 4.88. The number of halogens is 2. The van der Waals surface area contributed by atoms with Crippen molar-refractivity contribution in [1.82, 2.24) is 4.57 Å². The second kappa shape index (κ2) is 8.13. The molecule has 2 aromatic rings. The molecule has 5 heteroatoms. The van der Waals surface area contributed by atoms with Crippen LogP contribution in [0.4, 0.5) is 8.63 Å². The Hall–Kier alpha value is -2.43. The van der Waals surface area contributed by atoms with Crippen LogP contribution in [0.25, 0.3) is 5.57 Å². The predicted octanol–water partition coefficient (Wildman–Crippen LogP) is 6.10. The van der Waals surface area contributed by atoms with Crippen LogP contribution in [0.2, 0.25) is 0 Å². The molecule has 0 saturated heterocycles. The molecule has 0 aliphatic carbocycles. The monoisotopic (exact) mass is 395 g/mol. The highest BCUT2D eigenvalue weighted by atomic mass is 19.2. The highest BCUT2D eigenvalue weighted by molar-refractivity contribution is 6.35. The third-order valence-electron chi connectivity index (χ3n) is 6.37. The average Bonchev–Trinajstić information content (AvgIpc) is 3.07. The van der Waals surface area contributed by atoms with E-state index in [1.54, 1.807) is 0 Å². The summed E-state index contributed by atoms with van der Waals surface area (Å²) in [6.07, 6.45) is 1.65. The van der Waals surface area contributed by atoms with Crippen LogP contribution in [0.15, 0.2) is 47.2 Å². The summed E-state index contributed by atoms with van der Waals surface area (Å²) in [6.45, 7) is 12.2. The van der Waals surface area contributed by atoms with Crippen molar-refractivity contribution < 1.29 is 13.1 Å². The number of hydrogen-bond donors (Lipinski definition) is 0. The summed E-state index contributed by atoms with van der Waals surface area (Å²) in [7, 11) is -0.548. The molecule has 0 bridgehead atoms. The Labute approximate surface area is 173 Å². The Balaban J connectivity index is 2.52. The second-order valence-electron chi connectivity index (χ2n) is 7.73. The largest absolute Gasteiger partial charge is 0.934 e. The van der Waals surface area contributed by atoms with E-state index >= 15 is 0 Å². The lowest BCUT2D eigenvalue weighted by Gasteiger charge is -2.15. The molecule has 0 fully saturated rings. The molecule has 3 rings (SSSR count). The van der Waals surface area contributed by atoms with Gasteiger partial charge in [0.25, 0.3) is 0 Å². The summed E-state index contributed by atoms with van der Waals surface area (Å²) in [4.78, 5) is 0. The van der Waals surface area contributed by atoms with Crippen molar-refractivity contribution in [2.45, 2.75) is 54.4 Å². The molecule has 1 aromatic carbocycles. The van der Waals surface area contributed by atoms with Crippen molar-refractivity contribution >= 4 is 18.7 Å². The molecule has 0 atom stereocenters. The van der Waals surface area contributed by atoms with Gasteiger partial charge in [0.15, 0.2) is 11.4 Å².